The Bertz CT molecular complexity index is 422. The van der Waals surface area contributed by atoms with E-state index >= 15 is 0 Å². The van der Waals surface area contributed by atoms with Crippen LogP contribution in [0.15, 0.2) is 43.0 Å². The third-order valence-electron chi connectivity index (χ3n) is 2.91. The molecule has 1 rings (SSSR count). The SMILES string of the molecule is C=CCOCC(O)CNC(Cc1ccccc1)C(=O)OC. The number of hydrogen-bond donors (Lipinski definition) is 2. The van der Waals surface area contributed by atoms with Gasteiger partial charge in [-0.15, -0.1) is 6.58 Å². The highest BCUT2D eigenvalue weighted by molar-refractivity contribution is 5.76. The zero-order chi connectivity index (χ0) is 15.5. The number of rotatable bonds is 10. The van der Waals surface area contributed by atoms with Crippen molar-refractivity contribution in [2.45, 2.75) is 18.6 Å². The summed E-state index contributed by atoms with van der Waals surface area (Å²) in [5.74, 6) is -0.349. The van der Waals surface area contributed by atoms with Crippen molar-refractivity contribution in [2.75, 3.05) is 26.9 Å². The van der Waals surface area contributed by atoms with Crippen molar-refractivity contribution in [3.63, 3.8) is 0 Å². The van der Waals surface area contributed by atoms with Crippen molar-refractivity contribution in [2.24, 2.45) is 0 Å². The van der Waals surface area contributed by atoms with Gasteiger partial charge in [-0.2, -0.15) is 0 Å². The molecule has 0 aromatic heterocycles. The number of carbonyl (C=O) groups excluding carboxylic acids is 1. The van der Waals surface area contributed by atoms with Crippen LogP contribution in [0.1, 0.15) is 5.56 Å². The normalized spacial score (nSPS) is 13.4. The van der Waals surface area contributed by atoms with E-state index in [2.05, 4.69) is 11.9 Å². The highest BCUT2D eigenvalue weighted by atomic mass is 16.5. The summed E-state index contributed by atoms with van der Waals surface area (Å²) in [4.78, 5) is 11.8. The molecule has 0 heterocycles. The minimum absolute atomic E-state index is 0.193. The molecule has 0 aliphatic carbocycles. The molecule has 0 fully saturated rings. The molecule has 1 aromatic rings. The third kappa shape index (κ3) is 7.04. The Labute approximate surface area is 125 Å². The predicted octanol–water partition coefficient (Wildman–Crippen LogP) is 0.924. The molecule has 2 atom stereocenters. The molecule has 0 spiro atoms. The maximum atomic E-state index is 11.8. The van der Waals surface area contributed by atoms with Gasteiger partial charge >= 0.3 is 5.97 Å². The first-order chi connectivity index (χ1) is 10.2. The first-order valence-corrected chi connectivity index (χ1v) is 6.89. The summed E-state index contributed by atoms with van der Waals surface area (Å²) in [5.41, 5.74) is 1.03. The van der Waals surface area contributed by atoms with Gasteiger partial charge in [-0.1, -0.05) is 36.4 Å². The van der Waals surface area contributed by atoms with Crippen LogP contribution >= 0.6 is 0 Å². The Kier molecular flexibility index (Phi) is 8.35. The highest BCUT2D eigenvalue weighted by Crippen LogP contribution is 2.04. The molecule has 5 nitrogen and oxygen atoms in total. The first kappa shape index (κ1) is 17.4. The Hall–Kier alpha value is -1.69. The molecule has 0 saturated carbocycles. The topological polar surface area (TPSA) is 67.8 Å². The summed E-state index contributed by atoms with van der Waals surface area (Å²) in [6.45, 7) is 4.37. The summed E-state index contributed by atoms with van der Waals surface area (Å²) >= 11 is 0. The van der Waals surface area contributed by atoms with Gasteiger partial charge < -0.3 is 19.9 Å². The fraction of sp³-hybridized carbons (Fsp3) is 0.438. The minimum atomic E-state index is -0.687. The number of benzene rings is 1. The number of hydrogen-bond acceptors (Lipinski definition) is 5. The van der Waals surface area contributed by atoms with Gasteiger partial charge in [0.15, 0.2) is 0 Å². The summed E-state index contributed by atoms with van der Waals surface area (Å²) in [6.07, 6.45) is 1.44. The van der Waals surface area contributed by atoms with Crippen molar-refractivity contribution < 1.29 is 19.4 Å². The van der Waals surface area contributed by atoms with Crippen molar-refractivity contribution in [1.82, 2.24) is 5.32 Å². The average molecular weight is 293 g/mol. The number of methoxy groups -OCH3 is 1. The molecule has 2 N–H and O–H groups in total. The predicted molar refractivity (Wildman–Crippen MR) is 81.0 cm³/mol. The van der Waals surface area contributed by atoms with Gasteiger partial charge in [0, 0.05) is 6.54 Å². The van der Waals surface area contributed by atoms with Crippen molar-refractivity contribution in [3.8, 4) is 0 Å². The van der Waals surface area contributed by atoms with E-state index in [0.29, 0.717) is 13.0 Å². The molecule has 21 heavy (non-hydrogen) atoms. The molecular weight excluding hydrogens is 270 g/mol. The zero-order valence-electron chi connectivity index (χ0n) is 12.3. The van der Waals surface area contributed by atoms with Crippen LogP contribution in [0, 0.1) is 0 Å². The molecule has 0 amide bonds. The lowest BCUT2D eigenvalue weighted by molar-refractivity contribution is -0.143. The number of aliphatic hydroxyl groups is 1. The standard InChI is InChI=1S/C16H23NO4/c1-3-9-21-12-14(18)11-17-15(16(19)20-2)10-13-7-5-4-6-8-13/h3-8,14-15,17-18H,1,9-12H2,2H3. The highest BCUT2D eigenvalue weighted by Gasteiger charge is 2.20. The van der Waals surface area contributed by atoms with Crippen LogP contribution < -0.4 is 5.32 Å². The maximum absolute atomic E-state index is 11.8. The first-order valence-electron chi connectivity index (χ1n) is 6.89. The number of esters is 1. The minimum Gasteiger partial charge on any atom is -0.468 e. The molecule has 116 valence electrons. The summed E-state index contributed by atoms with van der Waals surface area (Å²) < 4.78 is 9.95. The Balaban J connectivity index is 2.47. The molecule has 0 aliphatic rings. The fourth-order valence-electron chi connectivity index (χ4n) is 1.86. The van der Waals surface area contributed by atoms with E-state index in [4.69, 9.17) is 9.47 Å². The Morgan fingerprint density at radius 2 is 2.14 bits per heavy atom. The van der Waals surface area contributed by atoms with E-state index < -0.39 is 12.1 Å². The number of ether oxygens (including phenoxy) is 2. The van der Waals surface area contributed by atoms with Crippen LogP contribution in [0.25, 0.3) is 0 Å². The van der Waals surface area contributed by atoms with E-state index in [-0.39, 0.29) is 19.1 Å². The molecule has 0 aliphatic heterocycles. The van der Waals surface area contributed by atoms with Gasteiger partial charge in [0.05, 0.1) is 26.4 Å². The lowest BCUT2D eigenvalue weighted by Crippen LogP contribution is -2.44. The van der Waals surface area contributed by atoms with Crippen LogP contribution in [-0.2, 0) is 20.7 Å². The number of aliphatic hydroxyl groups excluding tert-OH is 1. The largest absolute Gasteiger partial charge is 0.468 e. The molecule has 1 aromatic carbocycles. The third-order valence-corrected chi connectivity index (χ3v) is 2.91. The Morgan fingerprint density at radius 1 is 1.43 bits per heavy atom. The second-order valence-electron chi connectivity index (χ2n) is 4.65. The lowest BCUT2D eigenvalue weighted by atomic mass is 10.1. The van der Waals surface area contributed by atoms with Gasteiger partial charge in [0.25, 0.3) is 0 Å². The zero-order valence-corrected chi connectivity index (χ0v) is 12.3. The Morgan fingerprint density at radius 3 is 2.76 bits per heavy atom. The van der Waals surface area contributed by atoms with Crippen LogP contribution in [0.3, 0.4) is 0 Å². The van der Waals surface area contributed by atoms with E-state index in [0.717, 1.165) is 5.56 Å². The molecule has 2 unspecified atom stereocenters. The molecule has 0 bridgehead atoms. The smallest absolute Gasteiger partial charge is 0.323 e. The number of carbonyl (C=O) groups is 1. The lowest BCUT2D eigenvalue weighted by Gasteiger charge is -2.19. The van der Waals surface area contributed by atoms with Gasteiger partial charge in [-0.3, -0.25) is 4.79 Å². The quantitative estimate of drug-likeness (QED) is 0.381. The van der Waals surface area contributed by atoms with E-state index in [1.807, 2.05) is 30.3 Å². The molecule has 0 radical (unpaired) electrons. The maximum Gasteiger partial charge on any atom is 0.323 e. The van der Waals surface area contributed by atoms with Crippen LogP contribution in [0.2, 0.25) is 0 Å². The van der Waals surface area contributed by atoms with Crippen LogP contribution in [0.5, 0.6) is 0 Å². The van der Waals surface area contributed by atoms with E-state index in [1.54, 1.807) is 6.08 Å². The molecule has 5 heteroatoms. The van der Waals surface area contributed by atoms with Crippen LogP contribution in [-0.4, -0.2) is 50.1 Å². The van der Waals surface area contributed by atoms with E-state index in [1.165, 1.54) is 7.11 Å². The summed E-state index contributed by atoms with van der Waals surface area (Å²) in [7, 11) is 1.35. The van der Waals surface area contributed by atoms with Gasteiger partial charge in [-0.25, -0.2) is 0 Å². The van der Waals surface area contributed by atoms with E-state index in [9.17, 15) is 9.90 Å². The second kappa shape index (κ2) is 10.1. The van der Waals surface area contributed by atoms with Gasteiger partial charge in [0.2, 0.25) is 0 Å². The molecular formula is C16H23NO4. The molecule has 0 saturated heterocycles. The van der Waals surface area contributed by atoms with Gasteiger partial charge in [-0.05, 0) is 12.0 Å². The van der Waals surface area contributed by atoms with Crippen molar-refractivity contribution in [1.29, 1.82) is 0 Å². The monoisotopic (exact) mass is 293 g/mol. The van der Waals surface area contributed by atoms with Crippen molar-refractivity contribution >= 4 is 5.97 Å². The van der Waals surface area contributed by atoms with Crippen molar-refractivity contribution in [3.05, 3.63) is 48.6 Å². The number of nitrogens with one attached hydrogen (secondary N) is 1. The summed E-state index contributed by atoms with van der Waals surface area (Å²) in [6, 6.07) is 9.16. The average Bonchev–Trinajstić information content (AvgIpc) is 2.52. The van der Waals surface area contributed by atoms with Crippen LogP contribution in [0.4, 0.5) is 0 Å². The fourth-order valence-corrected chi connectivity index (χ4v) is 1.86. The summed E-state index contributed by atoms with van der Waals surface area (Å²) in [5, 5.41) is 12.8. The second-order valence-corrected chi connectivity index (χ2v) is 4.65. The van der Waals surface area contributed by atoms with Gasteiger partial charge in [0.1, 0.15) is 6.04 Å².